The topological polar surface area (TPSA) is 145 Å². The van der Waals surface area contributed by atoms with Gasteiger partial charge in [-0.2, -0.15) is 0 Å². The molecule has 43 heavy (non-hydrogen) atoms. The van der Waals surface area contributed by atoms with Crippen molar-refractivity contribution in [3.63, 3.8) is 0 Å². The summed E-state index contributed by atoms with van der Waals surface area (Å²) in [4.78, 5) is 24.1. The second kappa shape index (κ2) is 19.8. The molecule has 1 aliphatic rings. The van der Waals surface area contributed by atoms with Crippen LogP contribution in [0.2, 0.25) is 0 Å². The third-order valence-electron chi connectivity index (χ3n) is 6.79. The monoisotopic (exact) mass is 600 g/mol. The standard InChI is InChI=1S/C32H44N2O9/c1-2-7-30(36)29(22-35)34-31(37)12-14-39-16-18-41-20-21-42-19-17-40-15-13-33-32(38)43-23-28-26-10-5-3-8-24(26)25-9-4-6-11-27(25)28/h2-11,28-30,35-36H,12-23H2,1H3,(H,33,38)(H,34,37)/b7-2+/t29-,30+/m0/s1. The molecule has 2 aromatic rings. The van der Waals surface area contributed by atoms with Crippen LogP contribution in [0.5, 0.6) is 0 Å². The normalized spacial score (nSPS) is 13.8. The van der Waals surface area contributed by atoms with Crippen LogP contribution in [0.15, 0.2) is 60.7 Å². The van der Waals surface area contributed by atoms with Crippen LogP contribution in [-0.2, 0) is 28.5 Å². The molecule has 0 fully saturated rings. The van der Waals surface area contributed by atoms with Crippen LogP contribution in [0, 0.1) is 0 Å². The van der Waals surface area contributed by atoms with Gasteiger partial charge in [0.15, 0.2) is 0 Å². The first kappa shape index (κ1) is 34.2. The lowest BCUT2D eigenvalue weighted by atomic mass is 9.98. The van der Waals surface area contributed by atoms with Crippen LogP contribution >= 0.6 is 0 Å². The van der Waals surface area contributed by atoms with Gasteiger partial charge in [-0.3, -0.25) is 4.79 Å². The number of alkyl carbamates (subject to hydrolysis) is 1. The van der Waals surface area contributed by atoms with E-state index in [1.807, 2.05) is 24.3 Å². The third kappa shape index (κ3) is 11.7. The van der Waals surface area contributed by atoms with Crippen molar-refractivity contribution in [1.29, 1.82) is 0 Å². The molecule has 1 aliphatic carbocycles. The van der Waals surface area contributed by atoms with Crippen molar-refractivity contribution < 1.29 is 43.5 Å². The van der Waals surface area contributed by atoms with E-state index in [0.29, 0.717) is 52.8 Å². The zero-order valence-electron chi connectivity index (χ0n) is 24.7. The van der Waals surface area contributed by atoms with Crippen molar-refractivity contribution in [2.45, 2.75) is 31.4 Å². The van der Waals surface area contributed by atoms with Crippen LogP contribution in [0.3, 0.4) is 0 Å². The number of ether oxygens (including phenoxy) is 5. The number of rotatable bonds is 21. The van der Waals surface area contributed by atoms with E-state index in [1.54, 1.807) is 13.0 Å². The molecular weight excluding hydrogens is 556 g/mol. The average Bonchev–Trinajstić information content (AvgIpc) is 3.34. The summed E-state index contributed by atoms with van der Waals surface area (Å²) in [6, 6.07) is 15.7. The van der Waals surface area contributed by atoms with E-state index in [0.717, 1.165) is 0 Å². The third-order valence-corrected chi connectivity index (χ3v) is 6.79. The van der Waals surface area contributed by atoms with E-state index in [-0.39, 0.29) is 38.1 Å². The molecule has 4 N–H and O–H groups in total. The fraction of sp³-hybridized carbons (Fsp3) is 0.500. The van der Waals surface area contributed by atoms with Crippen molar-refractivity contribution in [2.24, 2.45) is 0 Å². The molecule has 11 heteroatoms. The maximum Gasteiger partial charge on any atom is 0.407 e. The van der Waals surface area contributed by atoms with E-state index in [4.69, 9.17) is 23.7 Å². The molecule has 0 aromatic heterocycles. The Morgan fingerprint density at radius 3 is 1.93 bits per heavy atom. The lowest BCUT2D eigenvalue weighted by molar-refractivity contribution is -0.124. The molecule has 2 atom stereocenters. The fourth-order valence-corrected chi connectivity index (χ4v) is 4.65. The molecule has 0 unspecified atom stereocenters. The predicted octanol–water partition coefficient (Wildman–Crippen LogP) is 2.40. The SMILES string of the molecule is C/C=C/[C@@H](O)[C@H](CO)NC(=O)CCOCCOCCOCCOCCNC(=O)OCC1c2ccccc2-c2ccccc21. The van der Waals surface area contributed by atoms with Crippen molar-refractivity contribution in [3.8, 4) is 11.1 Å². The summed E-state index contributed by atoms with van der Waals surface area (Å²) in [5.74, 6) is -0.288. The Morgan fingerprint density at radius 1 is 0.837 bits per heavy atom. The Bertz CT molecular complexity index is 1100. The largest absolute Gasteiger partial charge is 0.449 e. The summed E-state index contributed by atoms with van der Waals surface area (Å²) in [7, 11) is 0. The van der Waals surface area contributed by atoms with Gasteiger partial charge in [-0.1, -0.05) is 60.7 Å². The highest BCUT2D eigenvalue weighted by Crippen LogP contribution is 2.44. The summed E-state index contributed by atoms with van der Waals surface area (Å²) in [5, 5.41) is 24.4. The van der Waals surface area contributed by atoms with Crippen molar-refractivity contribution in [1.82, 2.24) is 10.6 Å². The van der Waals surface area contributed by atoms with Gasteiger partial charge in [-0.25, -0.2) is 4.79 Å². The van der Waals surface area contributed by atoms with E-state index in [9.17, 15) is 19.8 Å². The second-order valence-electron chi connectivity index (χ2n) is 9.82. The molecule has 236 valence electrons. The van der Waals surface area contributed by atoms with Gasteiger partial charge < -0.3 is 44.5 Å². The van der Waals surface area contributed by atoms with E-state index in [2.05, 4.69) is 34.9 Å². The quantitative estimate of drug-likeness (QED) is 0.125. The lowest BCUT2D eigenvalue weighted by Gasteiger charge is -2.19. The number of carbonyl (C=O) groups is 2. The minimum Gasteiger partial charge on any atom is -0.449 e. The second-order valence-corrected chi connectivity index (χ2v) is 9.82. The highest BCUT2D eigenvalue weighted by Gasteiger charge is 2.29. The lowest BCUT2D eigenvalue weighted by Crippen LogP contribution is -2.45. The van der Waals surface area contributed by atoms with E-state index in [1.165, 1.54) is 28.3 Å². The summed E-state index contributed by atoms with van der Waals surface area (Å²) in [6.07, 6.45) is 1.85. The summed E-state index contributed by atoms with van der Waals surface area (Å²) >= 11 is 0. The molecule has 0 saturated carbocycles. The number of hydrogen-bond donors (Lipinski definition) is 4. The fourth-order valence-electron chi connectivity index (χ4n) is 4.65. The van der Waals surface area contributed by atoms with Gasteiger partial charge in [-0.05, 0) is 29.2 Å². The minimum absolute atomic E-state index is 0.0252. The number of amides is 2. The molecule has 0 spiro atoms. The van der Waals surface area contributed by atoms with Gasteiger partial charge in [0.25, 0.3) is 0 Å². The molecule has 3 rings (SSSR count). The smallest absolute Gasteiger partial charge is 0.407 e. The zero-order chi connectivity index (χ0) is 30.7. The summed E-state index contributed by atoms with van der Waals surface area (Å²) in [6.45, 7) is 4.83. The van der Waals surface area contributed by atoms with Gasteiger partial charge in [0.1, 0.15) is 6.61 Å². The molecule has 2 amide bonds. The Balaban J connectivity index is 1.10. The summed E-state index contributed by atoms with van der Waals surface area (Å²) in [5.41, 5.74) is 4.73. The maximum atomic E-state index is 12.2. The van der Waals surface area contributed by atoms with Crippen LogP contribution in [-0.4, -0.2) is 107 Å². The first-order valence-corrected chi connectivity index (χ1v) is 14.7. The number of carbonyl (C=O) groups excluding carboxylic acids is 2. The number of fused-ring (bicyclic) bond motifs is 3. The number of aliphatic hydroxyl groups is 2. The first-order chi connectivity index (χ1) is 21.0. The van der Waals surface area contributed by atoms with Crippen molar-refractivity contribution in [2.75, 3.05) is 72.6 Å². The Hall–Kier alpha value is -3.32. The van der Waals surface area contributed by atoms with Gasteiger partial charge >= 0.3 is 6.09 Å². The number of allylic oxidation sites excluding steroid dienone is 1. The molecule has 0 heterocycles. The maximum absolute atomic E-state index is 12.2. The molecule has 0 aliphatic heterocycles. The average molecular weight is 601 g/mol. The summed E-state index contributed by atoms with van der Waals surface area (Å²) < 4.78 is 27.2. The van der Waals surface area contributed by atoms with E-state index < -0.39 is 18.2 Å². The molecule has 2 aromatic carbocycles. The molecule has 0 radical (unpaired) electrons. The zero-order valence-corrected chi connectivity index (χ0v) is 24.7. The van der Waals surface area contributed by atoms with Crippen LogP contribution < -0.4 is 10.6 Å². The van der Waals surface area contributed by atoms with Crippen molar-refractivity contribution >= 4 is 12.0 Å². The van der Waals surface area contributed by atoms with Crippen molar-refractivity contribution in [3.05, 3.63) is 71.8 Å². The van der Waals surface area contributed by atoms with Gasteiger partial charge in [0, 0.05) is 18.9 Å². The van der Waals surface area contributed by atoms with Crippen LogP contribution in [0.25, 0.3) is 11.1 Å². The Labute approximate surface area is 253 Å². The number of benzene rings is 2. The number of aliphatic hydroxyl groups excluding tert-OH is 2. The Kier molecular flexibility index (Phi) is 15.7. The Morgan fingerprint density at radius 2 is 1.37 bits per heavy atom. The van der Waals surface area contributed by atoms with Gasteiger partial charge in [-0.15, -0.1) is 0 Å². The number of nitrogens with one attached hydrogen (secondary N) is 2. The predicted molar refractivity (Wildman–Crippen MR) is 161 cm³/mol. The minimum atomic E-state index is -0.944. The molecule has 0 bridgehead atoms. The van der Waals surface area contributed by atoms with Crippen LogP contribution in [0.4, 0.5) is 4.79 Å². The molecule has 0 saturated heterocycles. The highest BCUT2D eigenvalue weighted by molar-refractivity contribution is 5.79. The van der Waals surface area contributed by atoms with E-state index >= 15 is 0 Å². The highest BCUT2D eigenvalue weighted by atomic mass is 16.6. The first-order valence-electron chi connectivity index (χ1n) is 14.7. The number of hydrogen-bond acceptors (Lipinski definition) is 9. The van der Waals surface area contributed by atoms with Crippen LogP contribution in [0.1, 0.15) is 30.4 Å². The van der Waals surface area contributed by atoms with Gasteiger partial charge in [0.2, 0.25) is 5.91 Å². The molecular formula is C32H44N2O9. The molecule has 11 nitrogen and oxygen atoms in total. The van der Waals surface area contributed by atoms with Gasteiger partial charge in [0.05, 0.1) is 71.6 Å².